The Morgan fingerprint density at radius 1 is 0.875 bits per heavy atom. The summed E-state index contributed by atoms with van der Waals surface area (Å²) in [6.45, 7) is 3.11. The predicted molar refractivity (Wildman–Crippen MR) is 71.7 cm³/mol. The molecule has 16 heavy (non-hydrogen) atoms. The second kappa shape index (κ2) is 13.0. The van der Waals surface area contributed by atoms with Crippen LogP contribution < -0.4 is 5.73 Å². The van der Waals surface area contributed by atoms with Gasteiger partial charge in [0.15, 0.2) is 0 Å². The highest BCUT2D eigenvalue weighted by molar-refractivity contribution is 4.61. The molecular weight excluding hydrogens is 198 g/mol. The minimum absolute atomic E-state index is 0.394. The molecule has 0 saturated carbocycles. The first-order valence-electron chi connectivity index (χ1n) is 7.05. The minimum Gasteiger partial charge on any atom is -0.385 e. The first kappa shape index (κ1) is 15.9. The van der Waals surface area contributed by atoms with E-state index in [1.54, 1.807) is 7.11 Å². The molecule has 2 nitrogen and oxygen atoms in total. The molecule has 2 N–H and O–H groups in total. The summed E-state index contributed by atoms with van der Waals surface area (Å²) in [6, 6.07) is 0.394. The third-order valence-corrected chi connectivity index (χ3v) is 3.10. The Morgan fingerprint density at radius 3 is 2.06 bits per heavy atom. The van der Waals surface area contributed by atoms with E-state index >= 15 is 0 Å². The van der Waals surface area contributed by atoms with Crippen molar-refractivity contribution >= 4 is 0 Å². The molecule has 0 aliphatic carbocycles. The fourth-order valence-electron chi connectivity index (χ4n) is 2.00. The van der Waals surface area contributed by atoms with Crippen LogP contribution in [0.5, 0.6) is 0 Å². The van der Waals surface area contributed by atoms with Gasteiger partial charge in [-0.25, -0.2) is 0 Å². The summed E-state index contributed by atoms with van der Waals surface area (Å²) in [5, 5.41) is 0. The monoisotopic (exact) mass is 229 g/mol. The van der Waals surface area contributed by atoms with Crippen LogP contribution in [0.15, 0.2) is 0 Å². The van der Waals surface area contributed by atoms with Crippen LogP contribution in [0, 0.1) is 0 Å². The van der Waals surface area contributed by atoms with E-state index in [4.69, 9.17) is 10.5 Å². The third-order valence-electron chi connectivity index (χ3n) is 3.10. The van der Waals surface area contributed by atoms with E-state index in [1.165, 1.54) is 51.4 Å². The number of ether oxygens (including phenoxy) is 1. The number of hydrogen-bond donors (Lipinski definition) is 1. The van der Waals surface area contributed by atoms with Gasteiger partial charge in [0.05, 0.1) is 0 Å². The maximum atomic E-state index is 6.02. The lowest BCUT2D eigenvalue weighted by molar-refractivity contribution is 0.190. The van der Waals surface area contributed by atoms with Gasteiger partial charge in [-0.2, -0.15) is 0 Å². The Morgan fingerprint density at radius 2 is 1.44 bits per heavy atom. The van der Waals surface area contributed by atoms with Crippen LogP contribution >= 0.6 is 0 Å². The fourth-order valence-corrected chi connectivity index (χ4v) is 2.00. The van der Waals surface area contributed by atoms with E-state index in [2.05, 4.69) is 6.92 Å². The molecule has 0 bridgehead atoms. The average molecular weight is 229 g/mol. The predicted octanol–water partition coefficient (Wildman–Crippen LogP) is 3.88. The summed E-state index contributed by atoms with van der Waals surface area (Å²) in [4.78, 5) is 0. The SMILES string of the molecule is CCCCCCCCCC(N)CCCOC. The Balaban J connectivity index is 3.06. The zero-order valence-electron chi connectivity index (χ0n) is 11.3. The molecule has 98 valence electrons. The number of methoxy groups -OCH3 is 1. The number of nitrogens with two attached hydrogens (primary N) is 1. The van der Waals surface area contributed by atoms with Gasteiger partial charge in [-0.15, -0.1) is 0 Å². The van der Waals surface area contributed by atoms with Crippen molar-refractivity contribution in [1.29, 1.82) is 0 Å². The van der Waals surface area contributed by atoms with Gasteiger partial charge in [0.2, 0.25) is 0 Å². The number of rotatable bonds is 12. The minimum atomic E-state index is 0.394. The molecule has 0 fully saturated rings. The van der Waals surface area contributed by atoms with Gasteiger partial charge in [-0.1, -0.05) is 51.9 Å². The molecule has 2 heteroatoms. The Hall–Kier alpha value is -0.0800. The maximum absolute atomic E-state index is 6.02. The highest BCUT2D eigenvalue weighted by atomic mass is 16.5. The summed E-state index contributed by atoms with van der Waals surface area (Å²) < 4.78 is 5.02. The largest absolute Gasteiger partial charge is 0.385 e. The normalized spacial score (nSPS) is 12.9. The van der Waals surface area contributed by atoms with E-state index in [0.717, 1.165) is 19.4 Å². The summed E-state index contributed by atoms with van der Waals surface area (Å²) in [5.74, 6) is 0. The van der Waals surface area contributed by atoms with Gasteiger partial charge in [-0.3, -0.25) is 0 Å². The van der Waals surface area contributed by atoms with E-state index < -0.39 is 0 Å². The molecule has 0 aromatic heterocycles. The highest BCUT2D eigenvalue weighted by Gasteiger charge is 2.01. The van der Waals surface area contributed by atoms with Crippen LogP contribution in [-0.4, -0.2) is 19.8 Å². The molecule has 0 rings (SSSR count). The molecule has 0 amide bonds. The molecule has 1 unspecified atom stereocenters. The lowest BCUT2D eigenvalue weighted by Crippen LogP contribution is -2.20. The quantitative estimate of drug-likeness (QED) is 0.515. The Kier molecular flexibility index (Phi) is 12.9. The van der Waals surface area contributed by atoms with Crippen molar-refractivity contribution in [3.63, 3.8) is 0 Å². The van der Waals surface area contributed by atoms with E-state index in [0.29, 0.717) is 6.04 Å². The average Bonchev–Trinajstić information content (AvgIpc) is 2.28. The zero-order valence-corrected chi connectivity index (χ0v) is 11.3. The second-order valence-corrected chi connectivity index (χ2v) is 4.81. The first-order valence-corrected chi connectivity index (χ1v) is 7.05. The van der Waals surface area contributed by atoms with Crippen LogP contribution in [-0.2, 0) is 4.74 Å². The summed E-state index contributed by atoms with van der Waals surface area (Å²) >= 11 is 0. The van der Waals surface area contributed by atoms with Crippen LogP contribution in [0.3, 0.4) is 0 Å². The lowest BCUT2D eigenvalue weighted by atomic mass is 10.0. The van der Waals surface area contributed by atoms with E-state index in [9.17, 15) is 0 Å². The molecule has 0 spiro atoms. The van der Waals surface area contributed by atoms with Crippen LogP contribution in [0.4, 0.5) is 0 Å². The molecule has 0 saturated heterocycles. The molecule has 1 atom stereocenters. The Labute approximate surface area is 102 Å². The molecule has 0 aliphatic heterocycles. The Bertz CT molecular complexity index is 128. The van der Waals surface area contributed by atoms with E-state index in [1.807, 2.05) is 0 Å². The fraction of sp³-hybridized carbons (Fsp3) is 1.00. The maximum Gasteiger partial charge on any atom is 0.0462 e. The summed E-state index contributed by atoms with van der Waals surface area (Å²) in [7, 11) is 1.75. The van der Waals surface area contributed by atoms with Gasteiger partial charge in [0, 0.05) is 19.8 Å². The lowest BCUT2D eigenvalue weighted by Gasteiger charge is -2.10. The van der Waals surface area contributed by atoms with Gasteiger partial charge in [-0.05, 0) is 19.3 Å². The van der Waals surface area contributed by atoms with Gasteiger partial charge in [0.1, 0.15) is 0 Å². The van der Waals surface area contributed by atoms with Crippen LogP contribution in [0.2, 0.25) is 0 Å². The molecule has 0 aliphatic rings. The van der Waals surface area contributed by atoms with Crippen molar-refractivity contribution in [1.82, 2.24) is 0 Å². The first-order chi connectivity index (χ1) is 7.81. The second-order valence-electron chi connectivity index (χ2n) is 4.81. The van der Waals surface area contributed by atoms with Gasteiger partial charge in [0.25, 0.3) is 0 Å². The number of unbranched alkanes of at least 4 members (excludes halogenated alkanes) is 6. The van der Waals surface area contributed by atoms with Crippen molar-refractivity contribution in [2.45, 2.75) is 77.2 Å². The number of hydrogen-bond acceptors (Lipinski definition) is 2. The van der Waals surface area contributed by atoms with Crippen molar-refractivity contribution in [3.05, 3.63) is 0 Å². The molecule has 0 aromatic carbocycles. The molecular formula is C14H31NO. The topological polar surface area (TPSA) is 35.2 Å². The van der Waals surface area contributed by atoms with Gasteiger partial charge >= 0.3 is 0 Å². The van der Waals surface area contributed by atoms with Crippen LogP contribution in [0.1, 0.15) is 71.1 Å². The standard InChI is InChI=1S/C14H31NO/c1-3-4-5-6-7-8-9-11-14(15)12-10-13-16-2/h14H,3-13,15H2,1-2H3. The smallest absolute Gasteiger partial charge is 0.0462 e. The zero-order chi connectivity index (χ0) is 12.1. The highest BCUT2D eigenvalue weighted by Crippen LogP contribution is 2.10. The van der Waals surface area contributed by atoms with Gasteiger partial charge < -0.3 is 10.5 Å². The van der Waals surface area contributed by atoms with Crippen molar-refractivity contribution < 1.29 is 4.74 Å². The van der Waals surface area contributed by atoms with Crippen molar-refractivity contribution in [3.8, 4) is 0 Å². The molecule has 0 radical (unpaired) electrons. The van der Waals surface area contributed by atoms with Crippen molar-refractivity contribution in [2.75, 3.05) is 13.7 Å². The van der Waals surface area contributed by atoms with E-state index in [-0.39, 0.29) is 0 Å². The third kappa shape index (κ3) is 12.0. The molecule has 0 heterocycles. The molecule has 0 aromatic rings. The van der Waals surface area contributed by atoms with Crippen molar-refractivity contribution in [2.24, 2.45) is 5.73 Å². The summed E-state index contributed by atoms with van der Waals surface area (Å²) in [6.07, 6.45) is 13.0. The van der Waals surface area contributed by atoms with Crippen LogP contribution in [0.25, 0.3) is 0 Å². The summed E-state index contributed by atoms with van der Waals surface area (Å²) in [5.41, 5.74) is 6.02.